The number of hydrogen-bond donors (Lipinski definition) is 1. The quantitative estimate of drug-likeness (QED) is 0.729. The van der Waals surface area contributed by atoms with Crippen molar-refractivity contribution in [1.29, 1.82) is 0 Å². The lowest BCUT2D eigenvalue weighted by Crippen LogP contribution is -2.18. The number of anilines is 2. The highest BCUT2D eigenvalue weighted by Gasteiger charge is 2.10. The molecule has 0 aliphatic rings. The molecule has 2 aromatic carbocycles. The van der Waals surface area contributed by atoms with E-state index >= 15 is 0 Å². The smallest absolute Gasteiger partial charge is 0.274 e. The normalized spacial score (nSPS) is 10.3. The predicted octanol–water partition coefficient (Wildman–Crippen LogP) is 4.62. The molecule has 0 radical (unpaired) electrons. The Bertz CT molecular complexity index is 850. The first-order valence-electron chi connectivity index (χ1n) is 7.90. The van der Waals surface area contributed by atoms with Gasteiger partial charge in [0.05, 0.1) is 0 Å². The summed E-state index contributed by atoms with van der Waals surface area (Å²) in [6.45, 7) is 0.753. The van der Waals surface area contributed by atoms with Gasteiger partial charge in [0.25, 0.3) is 5.91 Å². The van der Waals surface area contributed by atoms with Gasteiger partial charge in [-0.15, -0.1) is 0 Å². The van der Waals surface area contributed by atoms with E-state index in [0.717, 1.165) is 12.2 Å². The fraction of sp³-hybridized carbons (Fsp3) is 0.100. The summed E-state index contributed by atoms with van der Waals surface area (Å²) >= 11 is 5.86. The monoisotopic (exact) mass is 351 g/mol. The number of nitrogens with zero attached hydrogens (tertiary/aromatic N) is 2. The number of pyridine rings is 1. The number of nitrogens with one attached hydrogen (secondary N) is 1. The molecule has 3 rings (SSSR count). The second kappa shape index (κ2) is 7.81. The van der Waals surface area contributed by atoms with Crippen LogP contribution >= 0.6 is 11.6 Å². The van der Waals surface area contributed by atoms with Crippen LogP contribution in [0, 0.1) is 0 Å². The van der Waals surface area contributed by atoms with E-state index in [1.165, 1.54) is 5.56 Å². The molecule has 0 bridgehead atoms. The second-order valence-corrected chi connectivity index (χ2v) is 6.14. The maximum Gasteiger partial charge on any atom is 0.274 e. The van der Waals surface area contributed by atoms with Crippen molar-refractivity contribution in [2.24, 2.45) is 0 Å². The highest BCUT2D eigenvalue weighted by Crippen LogP contribution is 2.18. The average Bonchev–Trinajstić information content (AvgIpc) is 2.64. The zero-order chi connectivity index (χ0) is 17.6. The first kappa shape index (κ1) is 17.0. The summed E-state index contributed by atoms with van der Waals surface area (Å²) in [4.78, 5) is 18.7. The first-order valence-corrected chi connectivity index (χ1v) is 8.27. The van der Waals surface area contributed by atoms with Crippen LogP contribution in [0.4, 0.5) is 11.4 Å². The molecule has 0 aliphatic carbocycles. The molecule has 0 spiro atoms. The maximum absolute atomic E-state index is 12.4. The third kappa shape index (κ3) is 4.58. The van der Waals surface area contributed by atoms with Gasteiger partial charge in [0, 0.05) is 36.2 Å². The van der Waals surface area contributed by atoms with Crippen LogP contribution in [0.3, 0.4) is 0 Å². The van der Waals surface area contributed by atoms with Crippen LogP contribution in [0.5, 0.6) is 0 Å². The van der Waals surface area contributed by atoms with Crippen molar-refractivity contribution in [1.82, 2.24) is 4.98 Å². The van der Waals surface area contributed by atoms with Crippen molar-refractivity contribution >= 4 is 28.9 Å². The van der Waals surface area contributed by atoms with Gasteiger partial charge in [-0.05, 0) is 42.0 Å². The fourth-order valence-electron chi connectivity index (χ4n) is 2.46. The highest BCUT2D eigenvalue weighted by atomic mass is 35.5. The largest absolute Gasteiger partial charge is 0.370 e. The molecule has 0 fully saturated rings. The van der Waals surface area contributed by atoms with Crippen molar-refractivity contribution in [3.63, 3.8) is 0 Å². The number of aromatic nitrogens is 1. The molecule has 4 nitrogen and oxygen atoms in total. The third-order valence-corrected chi connectivity index (χ3v) is 4.03. The summed E-state index contributed by atoms with van der Waals surface area (Å²) in [6, 6.07) is 20.8. The maximum atomic E-state index is 12.4. The van der Waals surface area contributed by atoms with Crippen molar-refractivity contribution in [2.45, 2.75) is 6.54 Å². The number of halogens is 1. The first-order chi connectivity index (χ1) is 12.1. The lowest BCUT2D eigenvalue weighted by atomic mass is 10.2. The zero-order valence-corrected chi connectivity index (χ0v) is 14.6. The number of carbonyl (C=O) groups excluding carboxylic acids is 1. The van der Waals surface area contributed by atoms with E-state index in [1.807, 2.05) is 31.3 Å². The minimum Gasteiger partial charge on any atom is -0.370 e. The minimum absolute atomic E-state index is 0.253. The van der Waals surface area contributed by atoms with Gasteiger partial charge in [-0.2, -0.15) is 0 Å². The van der Waals surface area contributed by atoms with Crippen LogP contribution in [0.2, 0.25) is 5.02 Å². The Kier molecular flexibility index (Phi) is 5.31. The molecule has 0 saturated heterocycles. The molecule has 0 aliphatic heterocycles. The Morgan fingerprint density at radius 1 is 1.08 bits per heavy atom. The molecule has 1 heterocycles. The summed E-state index contributed by atoms with van der Waals surface area (Å²) in [7, 11) is 1.99. The summed E-state index contributed by atoms with van der Waals surface area (Å²) in [5.74, 6) is -0.253. The van der Waals surface area contributed by atoms with E-state index < -0.39 is 0 Å². The average molecular weight is 352 g/mol. The lowest BCUT2D eigenvalue weighted by molar-refractivity contribution is 0.102. The summed E-state index contributed by atoms with van der Waals surface area (Å²) in [6.07, 6.45) is 1.65. The van der Waals surface area contributed by atoms with Crippen molar-refractivity contribution < 1.29 is 4.79 Å². The van der Waals surface area contributed by atoms with Gasteiger partial charge in [0.1, 0.15) is 5.69 Å². The molecule has 1 aromatic heterocycles. The second-order valence-electron chi connectivity index (χ2n) is 5.70. The van der Waals surface area contributed by atoms with Gasteiger partial charge in [0.2, 0.25) is 0 Å². The lowest BCUT2D eigenvalue weighted by Gasteiger charge is -2.19. The number of benzene rings is 2. The Balaban J connectivity index is 1.72. The fourth-order valence-corrected chi connectivity index (χ4v) is 2.58. The van der Waals surface area contributed by atoms with Crippen molar-refractivity contribution in [3.05, 3.63) is 89.2 Å². The van der Waals surface area contributed by atoms with E-state index in [2.05, 4.69) is 27.3 Å². The molecule has 1 N–H and O–H groups in total. The Hall–Kier alpha value is -2.85. The van der Waals surface area contributed by atoms with Gasteiger partial charge < -0.3 is 10.2 Å². The topological polar surface area (TPSA) is 45.2 Å². The standard InChI is InChI=1S/C20H18ClN3O/c1-24(14-15-5-3-2-4-6-15)18-11-12-22-19(13-18)20(25)23-17-9-7-16(21)8-10-17/h2-13H,14H2,1H3,(H,23,25). The summed E-state index contributed by atoms with van der Waals surface area (Å²) < 4.78 is 0. The molecule has 0 unspecified atom stereocenters. The van der Waals surface area contributed by atoms with Crippen molar-refractivity contribution in [2.75, 3.05) is 17.3 Å². The molecule has 3 aromatic rings. The van der Waals surface area contributed by atoms with E-state index in [1.54, 1.807) is 36.5 Å². The van der Waals surface area contributed by atoms with Gasteiger partial charge in [-0.25, -0.2) is 0 Å². The summed E-state index contributed by atoms with van der Waals surface area (Å²) in [5.41, 5.74) is 3.18. The summed E-state index contributed by atoms with van der Waals surface area (Å²) in [5, 5.41) is 3.45. The van der Waals surface area contributed by atoms with Gasteiger partial charge >= 0.3 is 0 Å². The van der Waals surface area contributed by atoms with Crippen LogP contribution in [0.1, 0.15) is 16.1 Å². The number of carbonyl (C=O) groups is 1. The van der Waals surface area contributed by atoms with E-state index in [9.17, 15) is 4.79 Å². The molecule has 5 heteroatoms. The highest BCUT2D eigenvalue weighted by molar-refractivity contribution is 6.30. The van der Waals surface area contributed by atoms with Crippen LogP contribution in [0.25, 0.3) is 0 Å². The number of amides is 1. The molecular formula is C20H18ClN3O. The molecule has 25 heavy (non-hydrogen) atoms. The number of hydrogen-bond acceptors (Lipinski definition) is 3. The van der Waals surface area contributed by atoms with Crippen LogP contribution in [0.15, 0.2) is 72.9 Å². The van der Waals surface area contributed by atoms with Crippen molar-refractivity contribution in [3.8, 4) is 0 Å². The van der Waals surface area contributed by atoms with Gasteiger partial charge in [-0.1, -0.05) is 41.9 Å². The Morgan fingerprint density at radius 2 is 1.80 bits per heavy atom. The molecule has 0 saturated carbocycles. The van der Waals surface area contributed by atoms with Gasteiger partial charge in [-0.3, -0.25) is 9.78 Å². The third-order valence-electron chi connectivity index (χ3n) is 3.78. The molecule has 0 atom stereocenters. The Morgan fingerprint density at radius 3 is 2.52 bits per heavy atom. The van der Waals surface area contributed by atoms with Crippen LogP contribution < -0.4 is 10.2 Å². The predicted molar refractivity (Wildman–Crippen MR) is 102 cm³/mol. The Labute approximate surface area is 152 Å². The molecular weight excluding hydrogens is 334 g/mol. The zero-order valence-electron chi connectivity index (χ0n) is 13.8. The van der Waals surface area contributed by atoms with Gasteiger partial charge in [0.15, 0.2) is 0 Å². The molecule has 1 amide bonds. The molecule has 126 valence electrons. The van der Waals surface area contributed by atoms with E-state index in [0.29, 0.717) is 16.4 Å². The number of rotatable bonds is 5. The van der Waals surface area contributed by atoms with E-state index in [-0.39, 0.29) is 5.91 Å². The van der Waals surface area contributed by atoms with Crippen LogP contribution in [-0.4, -0.2) is 17.9 Å². The van der Waals surface area contributed by atoms with Crippen LogP contribution in [-0.2, 0) is 6.54 Å². The minimum atomic E-state index is -0.253. The van der Waals surface area contributed by atoms with E-state index in [4.69, 9.17) is 11.6 Å². The SMILES string of the molecule is CN(Cc1ccccc1)c1ccnc(C(=O)Nc2ccc(Cl)cc2)c1.